The second kappa shape index (κ2) is 7.24. The van der Waals surface area contributed by atoms with Crippen LogP contribution in [-0.4, -0.2) is 48.6 Å². The van der Waals surface area contributed by atoms with Crippen LogP contribution >= 0.6 is 11.6 Å². The van der Waals surface area contributed by atoms with Gasteiger partial charge in [-0.1, -0.05) is 17.7 Å². The van der Waals surface area contributed by atoms with Crippen LogP contribution in [0.15, 0.2) is 18.2 Å². The molecule has 21 heavy (non-hydrogen) atoms. The van der Waals surface area contributed by atoms with Crippen molar-refractivity contribution in [1.82, 2.24) is 4.90 Å². The summed E-state index contributed by atoms with van der Waals surface area (Å²) in [6.45, 7) is 2.57. The molecule has 0 unspecified atom stereocenters. The van der Waals surface area contributed by atoms with E-state index < -0.39 is 4.92 Å². The van der Waals surface area contributed by atoms with Gasteiger partial charge >= 0.3 is 0 Å². The molecule has 1 heterocycles. The summed E-state index contributed by atoms with van der Waals surface area (Å²) < 4.78 is 5.18. The Labute approximate surface area is 127 Å². The molecule has 1 aliphatic heterocycles. The molecule has 0 bridgehead atoms. The minimum atomic E-state index is -0.502. The summed E-state index contributed by atoms with van der Waals surface area (Å²) in [7, 11) is 0. The van der Waals surface area contributed by atoms with Gasteiger partial charge in [0.05, 0.1) is 23.2 Å². The molecule has 1 N–H and O–H groups in total. The van der Waals surface area contributed by atoms with Gasteiger partial charge in [-0.25, -0.2) is 0 Å². The molecule has 2 rings (SSSR count). The number of amides is 1. The normalized spacial score (nSPS) is 14.8. The van der Waals surface area contributed by atoms with Gasteiger partial charge < -0.3 is 15.0 Å². The smallest absolute Gasteiger partial charge is 0.293 e. The molecule has 8 heteroatoms. The second-order valence-corrected chi connectivity index (χ2v) is 4.97. The van der Waals surface area contributed by atoms with Gasteiger partial charge in [0.15, 0.2) is 0 Å². The van der Waals surface area contributed by atoms with Crippen molar-refractivity contribution >= 4 is 28.9 Å². The number of carbonyl (C=O) groups excluding carboxylic acids is 1. The number of rotatable bonds is 5. The summed E-state index contributed by atoms with van der Waals surface area (Å²) in [6.07, 6.45) is 0.252. The van der Waals surface area contributed by atoms with Crippen molar-refractivity contribution in [2.24, 2.45) is 0 Å². The first-order valence-electron chi connectivity index (χ1n) is 6.62. The van der Waals surface area contributed by atoms with Crippen LogP contribution in [0.3, 0.4) is 0 Å². The van der Waals surface area contributed by atoms with Gasteiger partial charge in [0, 0.05) is 32.1 Å². The average molecular weight is 314 g/mol. The number of hydrogen-bond donors (Lipinski definition) is 1. The predicted molar refractivity (Wildman–Crippen MR) is 78.6 cm³/mol. The average Bonchev–Trinajstić information content (AvgIpc) is 2.49. The Morgan fingerprint density at radius 2 is 2.14 bits per heavy atom. The van der Waals surface area contributed by atoms with Crippen LogP contribution in [0.4, 0.5) is 11.4 Å². The Kier molecular flexibility index (Phi) is 5.35. The number of nitrogens with one attached hydrogen (secondary N) is 1. The van der Waals surface area contributed by atoms with E-state index in [9.17, 15) is 14.9 Å². The molecule has 1 aromatic carbocycles. The summed E-state index contributed by atoms with van der Waals surface area (Å²) >= 11 is 5.96. The molecule has 1 fully saturated rings. The van der Waals surface area contributed by atoms with Crippen molar-refractivity contribution in [3.8, 4) is 0 Å². The molecular formula is C13H16ClN3O4. The van der Waals surface area contributed by atoms with Crippen molar-refractivity contribution in [3.63, 3.8) is 0 Å². The number of carbonyl (C=O) groups is 1. The highest BCUT2D eigenvalue weighted by atomic mass is 35.5. The molecule has 0 spiro atoms. The van der Waals surface area contributed by atoms with Gasteiger partial charge in [0.1, 0.15) is 5.69 Å². The van der Waals surface area contributed by atoms with Crippen molar-refractivity contribution in [1.29, 1.82) is 0 Å². The number of para-hydroxylation sites is 1. The Morgan fingerprint density at radius 1 is 1.43 bits per heavy atom. The van der Waals surface area contributed by atoms with Gasteiger partial charge in [-0.15, -0.1) is 0 Å². The number of nitrogens with zero attached hydrogens (tertiary/aromatic N) is 2. The first kappa shape index (κ1) is 15.5. The summed E-state index contributed by atoms with van der Waals surface area (Å²) in [4.78, 5) is 24.1. The van der Waals surface area contributed by atoms with Crippen LogP contribution in [0.1, 0.15) is 6.42 Å². The molecule has 1 aromatic rings. The third-order valence-corrected chi connectivity index (χ3v) is 3.51. The molecule has 1 aliphatic rings. The van der Waals surface area contributed by atoms with Crippen LogP contribution in [0, 0.1) is 10.1 Å². The van der Waals surface area contributed by atoms with E-state index >= 15 is 0 Å². The highest BCUT2D eigenvalue weighted by Crippen LogP contribution is 2.31. The number of ether oxygens (including phenoxy) is 1. The van der Waals surface area contributed by atoms with Gasteiger partial charge in [-0.2, -0.15) is 0 Å². The minimum absolute atomic E-state index is 0.000469. The zero-order valence-electron chi connectivity index (χ0n) is 11.4. The molecular weight excluding hydrogens is 298 g/mol. The quantitative estimate of drug-likeness (QED) is 0.663. The molecule has 1 amide bonds. The maximum absolute atomic E-state index is 12.0. The van der Waals surface area contributed by atoms with E-state index in [1.54, 1.807) is 11.0 Å². The third kappa shape index (κ3) is 4.05. The highest BCUT2D eigenvalue weighted by Gasteiger charge is 2.19. The van der Waals surface area contributed by atoms with Gasteiger partial charge in [-0.3, -0.25) is 14.9 Å². The summed E-state index contributed by atoms with van der Waals surface area (Å²) in [6, 6.07) is 4.46. The van der Waals surface area contributed by atoms with Crippen LogP contribution in [0.2, 0.25) is 5.02 Å². The molecule has 0 radical (unpaired) electrons. The third-order valence-electron chi connectivity index (χ3n) is 3.19. The zero-order valence-corrected chi connectivity index (χ0v) is 12.1. The van der Waals surface area contributed by atoms with Crippen molar-refractivity contribution < 1.29 is 14.5 Å². The summed E-state index contributed by atoms with van der Waals surface area (Å²) in [5.41, 5.74) is 0.153. The van der Waals surface area contributed by atoms with E-state index in [1.165, 1.54) is 12.1 Å². The maximum atomic E-state index is 12.0. The lowest BCUT2D eigenvalue weighted by Crippen LogP contribution is -2.41. The number of hydrogen-bond acceptors (Lipinski definition) is 5. The molecule has 0 saturated carbocycles. The summed E-state index contributed by atoms with van der Waals surface area (Å²) in [5.74, 6) is 0.000469. The number of halogens is 1. The van der Waals surface area contributed by atoms with E-state index in [1.807, 2.05) is 0 Å². The standard InChI is InChI=1S/C13H16ClN3O4/c14-10-2-1-3-11(17(19)20)13(10)15-5-4-12(18)16-6-8-21-9-7-16/h1-3,15H,4-9H2. The van der Waals surface area contributed by atoms with E-state index in [2.05, 4.69) is 5.32 Å². The lowest BCUT2D eigenvalue weighted by Gasteiger charge is -2.26. The Morgan fingerprint density at radius 3 is 2.81 bits per heavy atom. The van der Waals surface area contributed by atoms with Crippen molar-refractivity contribution in [2.45, 2.75) is 6.42 Å². The Hall–Kier alpha value is -1.86. The van der Waals surface area contributed by atoms with E-state index in [0.29, 0.717) is 32.8 Å². The van der Waals surface area contributed by atoms with Gasteiger partial charge in [-0.05, 0) is 6.07 Å². The minimum Gasteiger partial charge on any atom is -0.378 e. The number of morpholine rings is 1. The predicted octanol–water partition coefficient (Wildman–Crippen LogP) is 1.91. The lowest BCUT2D eigenvalue weighted by atomic mass is 10.2. The molecule has 0 aromatic heterocycles. The van der Waals surface area contributed by atoms with Gasteiger partial charge in [0.2, 0.25) is 5.91 Å². The van der Waals surface area contributed by atoms with Crippen molar-refractivity contribution in [3.05, 3.63) is 33.3 Å². The maximum Gasteiger partial charge on any atom is 0.293 e. The van der Waals surface area contributed by atoms with Crippen molar-refractivity contribution in [2.75, 3.05) is 38.2 Å². The lowest BCUT2D eigenvalue weighted by molar-refractivity contribution is -0.383. The molecule has 0 aliphatic carbocycles. The first-order valence-corrected chi connectivity index (χ1v) is 6.99. The number of anilines is 1. The number of nitro groups is 1. The first-order chi connectivity index (χ1) is 10.1. The summed E-state index contributed by atoms with van der Waals surface area (Å²) in [5, 5.41) is 14.1. The van der Waals surface area contributed by atoms with Gasteiger partial charge in [0.25, 0.3) is 5.69 Å². The van der Waals surface area contributed by atoms with Crippen LogP contribution in [0.5, 0.6) is 0 Å². The van der Waals surface area contributed by atoms with E-state index in [-0.39, 0.29) is 28.7 Å². The Bertz CT molecular complexity index is 532. The number of nitro benzene ring substituents is 1. The second-order valence-electron chi connectivity index (χ2n) is 4.56. The van der Waals surface area contributed by atoms with Crippen LogP contribution in [0.25, 0.3) is 0 Å². The fourth-order valence-electron chi connectivity index (χ4n) is 2.11. The van der Waals surface area contributed by atoms with Crippen LogP contribution in [-0.2, 0) is 9.53 Å². The Balaban J connectivity index is 1.91. The molecule has 0 atom stereocenters. The fourth-order valence-corrected chi connectivity index (χ4v) is 2.34. The molecule has 1 saturated heterocycles. The molecule has 7 nitrogen and oxygen atoms in total. The fraction of sp³-hybridized carbons (Fsp3) is 0.462. The molecule has 114 valence electrons. The monoisotopic (exact) mass is 313 g/mol. The van der Waals surface area contributed by atoms with E-state index in [0.717, 1.165) is 0 Å². The highest BCUT2D eigenvalue weighted by molar-refractivity contribution is 6.33. The van der Waals surface area contributed by atoms with E-state index in [4.69, 9.17) is 16.3 Å². The number of benzene rings is 1. The largest absolute Gasteiger partial charge is 0.378 e. The SMILES string of the molecule is O=C(CCNc1c(Cl)cccc1[N+](=O)[O-])N1CCOCC1. The topological polar surface area (TPSA) is 84.7 Å². The zero-order chi connectivity index (χ0) is 15.2. The van der Waals surface area contributed by atoms with Crippen LogP contribution < -0.4 is 5.32 Å².